The van der Waals surface area contributed by atoms with Crippen molar-refractivity contribution in [3.63, 3.8) is 0 Å². The van der Waals surface area contributed by atoms with Crippen LogP contribution in [0.15, 0.2) is 94.2 Å². The van der Waals surface area contributed by atoms with E-state index in [2.05, 4.69) is 25.9 Å². The van der Waals surface area contributed by atoms with Crippen molar-refractivity contribution in [3.8, 4) is 11.5 Å². The summed E-state index contributed by atoms with van der Waals surface area (Å²) in [5.74, 6) is 1.14. The summed E-state index contributed by atoms with van der Waals surface area (Å²) >= 11 is 0. The maximum Gasteiger partial charge on any atom is 0.232 e. The molecule has 0 aliphatic rings. The number of hydrazone groups is 1. The molecule has 4 rings (SSSR count). The highest BCUT2D eigenvalue weighted by Crippen LogP contribution is 2.29. The van der Waals surface area contributed by atoms with E-state index in [9.17, 15) is 4.79 Å². The number of anilines is 2. The van der Waals surface area contributed by atoms with Crippen molar-refractivity contribution in [2.75, 3.05) is 25.4 Å². The zero-order chi connectivity index (χ0) is 25.5. The van der Waals surface area contributed by atoms with Crippen LogP contribution < -0.4 is 20.6 Å². The van der Waals surface area contributed by atoms with Gasteiger partial charge in [-0.15, -0.1) is 5.11 Å². The van der Waals surface area contributed by atoms with Gasteiger partial charge < -0.3 is 15.2 Å². The molecule has 1 heterocycles. The number of aryl methyl sites for hydroxylation is 1. The van der Waals surface area contributed by atoms with Crippen LogP contribution in [0.4, 0.5) is 22.9 Å². The van der Waals surface area contributed by atoms with E-state index in [1.807, 2.05) is 6.07 Å². The normalized spacial score (nSPS) is 11.5. The molecule has 0 aliphatic carbocycles. The fourth-order valence-electron chi connectivity index (χ4n) is 3.27. The number of Topliss-reactive ketones (excluding diaryl/α,β-unsaturated/α-hetero) is 1. The smallest absolute Gasteiger partial charge is 0.232 e. The van der Waals surface area contributed by atoms with Gasteiger partial charge in [0.15, 0.2) is 11.5 Å². The van der Waals surface area contributed by atoms with E-state index in [1.165, 1.54) is 4.68 Å². The lowest BCUT2D eigenvalue weighted by molar-refractivity contribution is 0.106. The van der Waals surface area contributed by atoms with Crippen LogP contribution in [0.1, 0.15) is 16.1 Å². The minimum absolute atomic E-state index is 0.0245. The third-order valence-electron chi connectivity index (χ3n) is 5.22. The second kappa shape index (κ2) is 11.0. The fraction of sp³-hybridized carbons (Fsp3) is 0.115. The fourth-order valence-corrected chi connectivity index (χ4v) is 3.27. The first-order valence-electron chi connectivity index (χ1n) is 11.0. The SMILES string of the molecule is COc1ccc(N=Nc2c(C)nn(/C(=N/Nc3ccc(OC)cc3)C(=O)c3ccccc3)c2N)cc1. The number of carbonyl (C=O) groups is 1. The number of ketones is 1. The standard InChI is InChI=1S/C26H25N7O3/c1-17-23(30-28-19-9-13-21(35-2)14-10-19)25(27)33(32-17)26(24(34)18-7-5-4-6-8-18)31-29-20-11-15-22(36-3)16-12-20/h4-16,29H,27H2,1-3H3/b30-28?,31-26+. The Balaban J connectivity index is 1.70. The van der Waals surface area contributed by atoms with Gasteiger partial charge in [-0.1, -0.05) is 30.3 Å². The molecule has 0 unspecified atom stereocenters. The molecule has 0 bridgehead atoms. The van der Waals surface area contributed by atoms with Crippen molar-refractivity contribution < 1.29 is 14.3 Å². The van der Waals surface area contributed by atoms with Crippen LogP contribution in [-0.4, -0.2) is 35.6 Å². The number of nitrogen functional groups attached to an aromatic ring is 1. The Labute approximate surface area is 208 Å². The van der Waals surface area contributed by atoms with Crippen molar-refractivity contribution in [1.29, 1.82) is 0 Å². The van der Waals surface area contributed by atoms with Crippen molar-refractivity contribution in [1.82, 2.24) is 9.78 Å². The molecule has 0 spiro atoms. The van der Waals surface area contributed by atoms with Crippen molar-refractivity contribution >= 4 is 34.5 Å². The summed E-state index contributed by atoms with van der Waals surface area (Å²) in [6.07, 6.45) is 0. The van der Waals surface area contributed by atoms with E-state index in [0.717, 1.165) is 0 Å². The van der Waals surface area contributed by atoms with E-state index in [4.69, 9.17) is 15.2 Å². The predicted octanol–water partition coefficient (Wildman–Crippen LogP) is 5.36. The minimum atomic E-state index is -0.371. The minimum Gasteiger partial charge on any atom is -0.497 e. The van der Waals surface area contributed by atoms with E-state index >= 15 is 0 Å². The van der Waals surface area contributed by atoms with Gasteiger partial charge in [0.2, 0.25) is 11.6 Å². The molecule has 0 saturated carbocycles. The van der Waals surface area contributed by atoms with Gasteiger partial charge in [0.25, 0.3) is 0 Å². The predicted molar refractivity (Wildman–Crippen MR) is 139 cm³/mol. The molecular formula is C26H25N7O3. The van der Waals surface area contributed by atoms with Crippen molar-refractivity contribution in [3.05, 3.63) is 90.1 Å². The number of rotatable bonds is 8. The van der Waals surface area contributed by atoms with Crippen LogP contribution in [0.25, 0.3) is 0 Å². The third kappa shape index (κ3) is 5.39. The molecule has 3 N–H and O–H groups in total. The molecule has 0 saturated heterocycles. The summed E-state index contributed by atoms with van der Waals surface area (Å²) in [6.45, 7) is 1.73. The first-order chi connectivity index (χ1) is 17.5. The van der Waals surface area contributed by atoms with Gasteiger partial charge in [0.05, 0.1) is 31.3 Å². The van der Waals surface area contributed by atoms with Gasteiger partial charge in [0, 0.05) is 5.56 Å². The first-order valence-corrected chi connectivity index (χ1v) is 11.0. The number of azo groups is 1. The van der Waals surface area contributed by atoms with Crippen LogP contribution >= 0.6 is 0 Å². The largest absolute Gasteiger partial charge is 0.497 e. The average molecular weight is 484 g/mol. The van der Waals surface area contributed by atoms with Crippen LogP contribution in [0.5, 0.6) is 11.5 Å². The molecule has 0 fully saturated rings. The Bertz CT molecular complexity index is 1390. The first kappa shape index (κ1) is 24.1. The van der Waals surface area contributed by atoms with Gasteiger partial charge in [-0.2, -0.15) is 20.0 Å². The van der Waals surface area contributed by atoms with E-state index in [1.54, 1.807) is 93.9 Å². The zero-order valence-corrected chi connectivity index (χ0v) is 20.0. The second-order valence-electron chi connectivity index (χ2n) is 7.60. The molecule has 4 aromatic rings. The number of nitrogens with two attached hydrogens (primary N) is 1. The van der Waals surface area contributed by atoms with E-state index in [-0.39, 0.29) is 17.4 Å². The number of ether oxygens (including phenoxy) is 2. The molecule has 36 heavy (non-hydrogen) atoms. The number of nitrogens with zero attached hydrogens (tertiary/aromatic N) is 5. The van der Waals surface area contributed by atoms with Gasteiger partial charge in [0.1, 0.15) is 11.5 Å². The summed E-state index contributed by atoms with van der Waals surface area (Å²) < 4.78 is 11.6. The van der Waals surface area contributed by atoms with E-state index < -0.39 is 0 Å². The molecule has 1 aromatic heterocycles. The molecule has 0 aliphatic heterocycles. The van der Waals surface area contributed by atoms with Gasteiger partial charge >= 0.3 is 0 Å². The Morgan fingerprint density at radius 1 is 0.889 bits per heavy atom. The highest BCUT2D eigenvalue weighted by Gasteiger charge is 2.23. The van der Waals surface area contributed by atoms with Crippen LogP contribution in [-0.2, 0) is 0 Å². The molecule has 10 nitrogen and oxygen atoms in total. The van der Waals surface area contributed by atoms with Crippen molar-refractivity contribution in [2.45, 2.75) is 6.92 Å². The highest BCUT2D eigenvalue weighted by molar-refractivity contribution is 6.46. The Morgan fingerprint density at radius 2 is 1.50 bits per heavy atom. The number of hydrogen-bond acceptors (Lipinski definition) is 9. The number of aromatic nitrogens is 2. The lowest BCUT2D eigenvalue weighted by Crippen LogP contribution is -2.27. The topological polar surface area (TPSA) is 128 Å². The summed E-state index contributed by atoms with van der Waals surface area (Å²) in [5.41, 5.74) is 11.8. The summed E-state index contributed by atoms with van der Waals surface area (Å²) in [7, 11) is 3.18. The number of methoxy groups -OCH3 is 2. The van der Waals surface area contributed by atoms with Crippen LogP contribution in [0.2, 0.25) is 0 Å². The average Bonchev–Trinajstić information content (AvgIpc) is 3.21. The molecule has 3 aromatic carbocycles. The summed E-state index contributed by atoms with van der Waals surface area (Å²) in [4.78, 5) is 13.4. The molecular weight excluding hydrogens is 458 g/mol. The monoisotopic (exact) mass is 483 g/mol. The molecule has 0 amide bonds. The number of nitrogens with one attached hydrogen (secondary N) is 1. The number of carbonyl (C=O) groups excluding carboxylic acids is 1. The molecule has 0 radical (unpaired) electrons. The van der Waals surface area contributed by atoms with Gasteiger partial charge in [-0.05, 0) is 55.5 Å². The zero-order valence-electron chi connectivity index (χ0n) is 20.0. The molecule has 182 valence electrons. The molecule has 0 atom stereocenters. The Morgan fingerprint density at radius 3 is 2.11 bits per heavy atom. The van der Waals surface area contributed by atoms with Gasteiger partial charge in [-0.3, -0.25) is 10.2 Å². The Kier molecular flexibility index (Phi) is 7.35. The van der Waals surface area contributed by atoms with Crippen LogP contribution in [0.3, 0.4) is 0 Å². The summed E-state index contributed by atoms with van der Waals surface area (Å²) in [6, 6.07) is 23.0. The quantitative estimate of drug-likeness (QED) is 0.114. The number of hydrogen-bond donors (Lipinski definition) is 2. The molecule has 10 heteroatoms. The third-order valence-corrected chi connectivity index (χ3v) is 5.22. The lowest BCUT2D eigenvalue weighted by Gasteiger charge is -2.09. The number of benzene rings is 3. The second-order valence-corrected chi connectivity index (χ2v) is 7.60. The summed E-state index contributed by atoms with van der Waals surface area (Å²) in [5, 5.41) is 17.3. The maximum absolute atomic E-state index is 13.4. The van der Waals surface area contributed by atoms with Gasteiger partial charge in [-0.25, -0.2) is 0 Å². The van der Waals surface area contributed by atoms with Crippen molar-refractivity contribution in [2.24, 2.45) is 15.3 Å². The lowest BCUT2D eigenvalue weighted by atomic mass is 10.1. The highest BCUT2D eigenvalue weighted by atomic mass is 16.5. The van der Waals surface area contributed by atoms with E-state index in [0.29, 0.717) is 39.8 Å². The Hall–Kier alpha value is -4.99. The van der Waals surface area contributed by atoms with Crippen LogP contribution in [0, 0.1) is 6.92 Å². The maximum atomic E-state index is 13.4.